The van der Waals surface area contributed by atoms with Crippen LogP contribution in [0.4, 0.5) is 11.4 Å². The van der Waals surface area contributed by atoms with E-state index in [0.29, 0.717) is 12.6 Å². The standard InChI is InChI=1S/C18H22N2OS/c1-14(19(2)11-12-21)13-20-15-7-3-5-9-17(15)22-18-10-6-4-8-16(18)20/h3-10,14,21H,11-13H2,1-2H3/t14-/m1/s1. The zero-order chi connectivity index (χ0) is 15.5. The van der Waals surface area contributed by atoms with Crippen molar-refractivity contribution in [1.29, 1.82) is 0 Å². The maximum Gasteiger partial charge on any atom is 0.0558 e. The molecule has 1 N–H and O–H groups in total. The Hall–Kier alpha value is -1.49. The molecule has 0 aromatic heterocycles. The minimum absolute atomic E-state index is 0.198. The van der Waals surface area contributed by atoms with E-state index in [4.69, 9.17) is 5.11 Å². The summed E-state index contributed by atoms with van der Waals surface area (Å²) in [6.07, 6.45) is 0. The first-order chi connectivity index (χ1) is 10.7. The number of fused-ring (bicyclic) bond motifs is 2. The van der Waals surface area contributed by atoms with E-state index >= 15 is 0 Å². The first-order valence-corrected chi connectivity index (χ1v) is 8.47. The van der Waals surface area contributed by atoms with Gasteiger partial charge in [-0.05, 0) is 38.2 Å². The van der Waals surface area contributed by atoms with Crippen molar-refractivity contribution in [3.8, 4) is 0 Å². The molecule has 2 aromatic carbocycles. The van der Waals surface area contributed by atoms with Gasteiger partial charge < -0.3 is 10.0 Å². The van der Waals surface area contributed by atoms with E-state index in [2.05, 4.69) is 72.3 Å². The first kappa shape index (κ1) is 15.4. The molecule has 1 aliphatic rings. The summed E-state index contributed by atoms with van der Waals surface area (Å²) in [5.74, 6) is 0. The van der Waals surface area contributed by atoms with Gasteiger partial charge in [0.2, 0.25) is 0 Å². The Balaban J connectivity index is 1.93. The highest BCUT2D eigenvalue weighted by molar-refractivity contribution is 7.99. The fourth-order valence-electron chi connectivity index (χ4n) is 2.76. The number of anilines is 2. The molecule has 2 aromatic rings. The van der Waals surface area contributed by atoms with Gasteiger partial charge in [0.25, 0.3) is 0 Å². The molecule has 1 heterocycles. The highest BCUT2D eigenvalue weighted by Crippen LogP contribution is 2.47. The van der Waals surface area contributed by atoms with Crippen LogP contribution in [0.3, 0.4) is 0 Å². The minimum atomic E-state index is 0.198. The number of hydrogen-bond acceptors (Lipinski definition) is 4. The molecule has 0 unspecified atom stereocenters. The van der Waals surface area contributed by atoms with Crippen LogP contribution < -0.4 is 4.90 Å². The fourth-order valence-corrected chi connectivity index (χ4v) is 3.86. The molecule has 22 heavy (non-hydrogen) atoms. The molecular weight excluding hydrogens is 292 g/mol. The molecule has 0 amide bonds. The van der Waals surface area contributed by atoms with Crippen molar-refractivity contribution in [1.82, 2.24) is 4.90 Å². The number of hydrogen-bond donors (Lipinski definition) is 1. The van der Waals surface area contributed by atoms with Gasteiger partial charge in [0, 0.05) is 28.9 Å². The second kappa shape index (κ2) is 6.73. The van der Waals surface area contributed by atoms with E-state index in [0.717, 1.165) is 6.54 Å². The Morgan fingerprint density at radius 3 is 2.14 bits per heavy atom. The van der Waals surface area contributed by atoms with Gasteiger partial charge in [0.1, 0.15) is 0 Å². The molecule has 0 saturated heterocycles. The minimum Gasteiger partial charge on any atom is -0.395 e. The molecule has 0 fully saturated rings. The van der Waals surface area contributed by atoms with Gasteiger partial charge in [-0.1, -0.05) is 36.0 Å². The van der Waals surface area contributed by atoms with Gasteiger partial charge in [-0.3, -0.25) is 4.90 Å². The lowest BCUT2D eigenvalue weighted by Crippen LogP contribution is -2.40. The smallest absolute Gasteiger partial charge is 0.0558 e. The van der Waals surface area contributed by atoms with Crippen LogP contribution >= 0.6 is 11.8 Å². The van der Waals surface area contributed by atoms with Crippen LogP contribution in [0, 0.1) is 0 Å². The van der Waals surface area contributed by atoms with Gasteiger partial charge in [-0.2, -0.15) is 0 Å². The summed E-state index contributed by atoms with van der Waals surface area (Å²) >= 11 is 1.84. The van der Waals surface area contributed by atoms with E-state index in [9.17, 15) is 0 Å². The Labute approximate surface area is 136 Å². The number of benzene rings is 2. The number of rotatable bonds is 5. The maximum atomic E-state index is 9.15. The van der Waals surface area contributed by atoms with Crippen LogP contribution in [0.1, 0.15) is 6.92 Å². The number of aliphatic hydroxyl groups is 1. The van der Waals surface area contributed by atoms with Crippen molar-refractivity contribution >= 4 is 23.1 Å². The van der Waals surface area contributed by atoms with E-state index in [1.54, 1.807) is 0 Å². The summed E-state index contributed by atoms with van der Waals surface area (Å²) < 4.78 is 0. The lowest BCUT2D eigenvalue weighted by molar-refractivity contribution is 0.190. The molecule has 1 aliphatic heterocycles. The van der Waals surface area contributed by atoms with E-state index in [-0.39, 0.29) is 6.61 Å². The quantitative estimate of drug-likeness (QED) is 0.912. The van der Waals surface area contributed by atoms with E-state index < -0.39 is 0 Å². The summed E-state index contributed by atoms with van der Waals surface area (Å²) in [5.41, 5.74) is 2.55. The monoisotopic (exact) mass is 314 g/mol. The molecule has 1 atom stereocenters. The van der Waals surface area contributed by atoms with Crippen molar-refractivity contribution in [2.45, 2.75) is 22.8 Å². The summed E-state index contributed by atoms with van der Waals surface area (Å²) in [6.45, 7) is 4.02. The SMILES string of the molecule is C[C@H](CN1c2ccccc2Sc2ccccc21)N(C)CCO. The molecular formula is C18H22N2OS. The van der Waals surface area contributed by atoms with Crippen molar-refractivity contribution in [3.05, 3.63) is 48.5 Å². The van der Waals surface area contributed by atoms with Crippen LogP contribution in [0.15, 0.2) is 58.3 Å². The Morgan fingerprint density at radius 1 is 1.05 bits per heavy atom. The molecule has 3 rings (SSSR count). The maximum absolute atomic E-state index is 9.15. The summed E-state index contributed by atoms with van der Waals surface area (Å²) in [4.78, 5) is 7.21. The largest absolute Gasteiger partial charge is 0.395 e. The molecule has 4 heteroatoms. The third-order valence-electron chi connectivity index (χ3n) is 4.18. The molecule has 0 bridgehead atoms. The third kappa shape index (κ3) is 3.00. The van der Waals surface area contributed by atoms with Gasteiger partial charge in [-0.15, -0.1) is 0 Å². The van der Waals surface area contributed by atoms with Crippen LogP contribution in [0.25, 0.3) is 0 Å². The topological polar surface area (TPSA) is 26.7 Å². The Morgan fingerprint density at radius 2 is 1.59 bits per heavy atom. The van der Waals surface area contributed by atoms with E-state index in [1.165, 1.54) is 21.2 Å². The first-order valence-electron chi connectivity index (χ1n) is 7.65. The van der Waals surface area contributed by atoms with Crippen LogP contribution in [0.2, 0.25) is 0 Å². The molecule has 0 aliphatic carbocycles. The number of likely N-dealkylation sites (N-methyl/N-ethyl adjacent to an activating group) is 1. The highest BCUT2D eigenvalue weighted by Gasteiger charge is 2.24. The van der Waals surface area contributed by atoms with Crippen LogP contribution in [-0.2, 0) is 0 Å². The molecule has 0 spiro atoms. The third-order valence-corrected chi connectivity index (χ3v) is 5.31. The number of aliphatic hydroxyl groups excluding tert-OH is 1. The predicted octanol–water partition coefficient (Wildman–Crippen LogP) is 3.60. The fraction of sp³-hybridized carbons (Fsp3) is 0.333. The summed E-state index contributed by atoms with van der Waals surface area (Å²) in [5, 5.41) is 9.15. The van der Waals surface area contributed by atoms with Gasteiger partial charge in [0.05, 0.1) is 18.0 Å². The summed E-state index contributed by atoms with van der Waals surface area (Å²) in [7, 11) is 2.07. The number of para-hydroxylation sites is 2. The summed E-state index contributed by atoms with van der Waals surface area (Å²) in [6, 6.07) is 17.5. The molecule has 3 nitrogen and oxygen atoms in total. The molecule has 0 radical (unpaired) electrons. The van der Waals surface area contributed by atoms with Crippen molar-refractivity contribution in [2.75, 3.05) is 31.6 Å². The predicted molar refractivity (Wildman–Crippen MR) is 93.2 cm³/mol. The van der Waals surface area contributed by atoms with Crippen molar-refractivity contribution in [3.63, 3.8) is 0 Å². The van der Waals surface area contributed by atoms with Gasteiger partial charge in [-0.25, -0.2) is 0 Å². The van der Waals surface area contributed by atoms with Gasteiger partial charge in [0.15, 0.2) is 0 Å². The molecule has 0 saturated carbocycles. The van der Waals surface area contributed by atoms with Crippen molar-refractivity contribution in [2.24, 2.45) is 0 Å². The number of nitrogens with zero attached hydrogens (tertiary/aromatic N) is 2. The average Bonchev–Trinajstić information content (AvgIpc) is 2.54. The average molecular weight is 314 g/mol. The Kier molecular flexibility index (Phi) is 4.71. The second-order valence-electron chi connectivity index (χ2n) is 5.70. The lowest BCUT2D eigenvalue weighted by atomic mass is 10.2. The molecule has 116 valence electrons. The zero-order valence-electron chi connectivity index (χ0n) is 13.1. The lowest BCUT2D eigenvalue weighted by Gasteiger charge is -2.36. The van der Waals surface area contributed by atoms with E-state index in [1.807, 2.05) is 11.8 Å². The van der Waals surface area contributed by atoms with Crippen molar-refractivity contribution < 1.29 is 5.11 Å². The zero-order valence-corrected chi connectivity index (χ0v) is 13.9. The normalized spacial score (nSPS) is 14.6. The van der Waals surface area contributed by atoms with Gasteiger partial charge >= 0.3 is 0 Å². The van der Waals surface area contributed by atoms with Crippen LogP contribution in [-0.4, -0.2) is 42.8 Å². The Bertz CT molecular complexity index is 601. The second-order valence-corrected chi connectivity index (χ2v) is 6.79. The highest BCUT2D eigenvalue weighted by atomic mass is 32.2. The van der Waals surface area contributed by atoms with Crippen LogP contribution in [0.5, 0.6) is 0 Å².